The van der Waals surface area contributed by atoms with Crippen LogP contribution in [0.1, 0.15) is 23.2 Å². The Labute approximate surface area is 111 Å². The highest BCUT2D eigenvalue weighted by Crippen LogP contribution is 2.31. The number of amides is 1. The van der Waals surface area contributed by atoms with Crippen molar-refractivity contribution in [3.8, 4) is 0 Å². The highest BCUT2D eigenvalue weighted by molar-refractivity contribution is 5.94. The van der Waals surface area contributed by atoms with Crippen molar-refractivity contribution in [1.82, 2.24) is 9.88 Å². The number of carbonyl (C=O) groups excluding carboxylic acids is 1. The van der Waals surface area contributed by atoms with Crippen LogP contribution in [0.3, 0.4) is 0 Å². The van der Waals surface area contributed by atoms with E-state index in [1.54, 1.807) is 18.3 Å². The molecule has 2 saturated heterocycles. The van der Waals surface area contributed by atoms with Gasteiger partial charge in [-0.1, -0.05) is 0 Å². The third-order valence-corrected chi connectivity index (χ3v) is 3.65. The Hall–Kier alpha value is -1.66. The molecule has 1 amide bonds. The average molecular weight is 263 g/mol. The number of rotatable bonds is 1. The van der Waals surface area contributed by atoms with Crippen LogP contribution in [-0.2, 0) is 9.47 Å². The van der Waals surface area contributed by atoms with Gasteiger partial charge in [0.2, 0.25) is 0 Å². The number of anilines is 1. The first-order valence-corrected chi connectivity index (χ1v) is 6.47. The SMILES string of the molecule is Nc1cc(C(=O)N2CCC3(CC2)OCCO3)ccn1. The van der Waals surface area contributed by atoms with Gasteiger partial charge in [0.15, 0.2) is 5.79 Å². The zero-order chi connectivity index (χ0) is 13.3. The lowest BCUT2D eigenvalue weighted by Crippen LogP contribution is -2.47. The Bertz CT molecular complexity index is 476. The Morgan fingerprint density at radius 3 is 2.63 bits per heavy atom. The lowest BCUT2D eigenvalue weighted by molar-refractivity contribution is -0.181. The van der Waals surface area contributed by atoms with E-state index in [9.17, 15) is 4.79 Å². The van der Waals surface area contributed by atoms with Crippen LogP contribution in [0, 0.1) is 0 Å². The molecule has 0 aromatic carbocycles. The average Bonchev–Trinajstić information content (AvgIpc) is 2.87. The molecule has 2 aliphatic heterocycles. The molecular formula is C13H17N3O3. The number of hydrogen-bond donors (Lipinski definition) is 1. The van der Waals surface area contributed by atoms with Crippen LogP contribution >= 0.6 is 0 Å². The molecule has 19 heavy (non-hydrogen) atoms. The predicted octanol–water partition coefficient (Wildman–Crippen LogP) is 0.643. The summed E-state index contributed by atoms with van der Waals surface area (Å²) in [5.74, 6) is -0.0997. The van der Waals surface area contributed by atoms with E-state index in [-0.39, 0.29) is 5.91 Å². The van der Waals surface area contributed by atoms with Crippen molar-refractivity contribution in [2.75, 3.05) is 32.0 Å². The van der Waals surface area contributed by atoms with E-state index in [0.29, 0.717) is 37.7 Å². The van der Waals surface area contributed by atoms with Gasteiger partial charge in [0, 0.05) is 37.7 Å². The number of hydrogen-bond acceptors (Lipinski definition) is 5. The van der Waals surface area contributed by atoms with Crippen molar-refractivity contribution in [3.05, 3.63) is 23.9 Å². The van der Waals surface area contributed by atoms with E-state index in [0.717, 1.165) is 12.8 Å². The third-order valence-electron chi connectivity index (χ3n) is 3.65. The van der Waals surface area contributed by atoms with Crippen molar-refractivity contribution in [3.63, 3.8) is 0 Å². The van der Waals surface area contributed by atoms with E-state index in [2.05, 4.69) is 4.98 Å². The minimum atomic E-state index is -0.450. The summed E-state index contributed by atoms with van der Waals surface area (Å²) in [6, 6.07) is 3.29. The molecule has 2 fully saturated rings. The summed E-state index contributed by atoms with van der Waals surface area (Å²) in [4.78, 5) is 18.0. The van der Waals surface area contributed by atoms with Crippen LogP contribution in [-0.4, -0.2) is 47.9 Å². The third kappa shape index (κ3) is 2.41. The summed E-state index contributed by atoms with van der Waals surface area (Å²) in [5, 5.41) is 0. The monoisotopic (exact) mass is 263 g/mol. The first-order valence-electron chi connectivity index (χ1n) is 6.47. The summed E-state index contributed by atoms with van der Waals surface area (Å²) in [6.07, 6.45) is 3.00. The Morgan fingerprint density at radius 1 is 1.32 bits per heavy atom. The fraction of sp³-hybridized carbons (Fsp3) is 0.538. The molecule has 6 heteroatoms. The van der Waals surface area contributed by atoms with Gasteiger partial charge in [-0.3, -0.25) is 4.79 Å². The highest BCUT2D eigenvalue weighted by Gasteiger charge is 2.40. The first kappa shape index (κ1) is 12.4. The summed E-state index contributed by atoms with van der Waals surface area (Å²) in [5.41, 5.74) is 6.18. The summed E-state index contributed by atoms with van der Waals surface area (Å²) in [6.45, 7) is 2.58. The molecule has 3 heterocycles. The Balaban J connectivity index is 1.66. The van der Waals surface area contributed by atoms with Crippen LogP contribution in [0.15, 0.2) is 18.3 Å². The van der Waals surface area contributed by atoms with Gasteiger partial charge < -0.3 is 20.1 Å². The number of ether oxygens (including phenoxy) is 2. The second-order valence-corrected chi connectivity index (χ2v) is 4.87. The van der Waals surface area contributed by atoms with Gasteiger partial charge in [0.05, 0.1) is 13.2 Å². The molecule has 2 aliphatic rings. The quantitative estimate of drug-likeness (QED) is 0.804. The zero-order valence-electron chi connectivity index (χ0n) is 10.7. The number of nitrogens with zero attached hydrogens (tertiary/aromatic N) is 2. The van der Waals surface area contributed by atoms with Gasteiger partial charge in [0.1, 0.15) is 5.82 Å². The van der Waals surface area contributed by atoms with Gasteiger partial charge in [-0.2, -0.15) is 0 Å². The van der Waals surface area contributed by atoms with Crippen molar-refractivity contribution in [2.45, 2.75) is 18.6 Å². The number of likely N-dealkylation sites (tertiary alicyclic amines) is 1. The number of carbonyl (C=O) groups is 1. The molecule has 1 aromatic rings. The first-order chi connectivity index (χ1) is 9.19. The van der Waals surface area contributed by atoms with Crippen molar-refractivity contribution < 1.29 is 14.3 Å². The zero-order valence-corrected chi connectivity index (χ0v) is 10.7. The van der Waals surface area contributed by atoms with Crippen molar-refractivity contribution in [2.24, 2.45) is 0 Å². The largest absolute Gasteiger partial charge is 0.384 e. The van der Waals surface area contributed by atoms with E-state index >= 15 is 0 Å². The van der Waals surface area contributed by atoms with Gasteiger partial charge in [-0.15, -0.1) is 0 Å². The summed E-state index contributed by atoms with van der Waals surface area (Å²) in [7, 11) is 0. The van der Waals surface area contributed by atoms with Crippen molar-refractivity contribution in [1.29, 1.82) is 0 Å². The lowest BCUT2D eigenvalue weighted by atomic mass is 10.0. The Morgan fingerprint density at radius 2 is 2.00 bits per heavy atom. The highest BCUT2D eigenvalue weighted by atomic mass is 16.7. The minimum Gasteiger partial charge on any atom is -0.384 e. The standard InChI is InChI=1S/C13H17N3O3/c14-11-9-10(1-4-15-11)12(17)16-5-2-13(3-6-16)18-7-8-19-13/h1,4,9H,2-3,5-8H2,(H2,14,15). The van der Waals surface area contributed by atoms with Gasteiger partial charge >= 0.3 is 0 Å². The molecule has 1 spiro atoms. The lowest BCUT2D eigenvalue weighted by Gasteiger charge is -2.37. The second kappa shape index (κ2) is 4.79. The number of pyridine rings is 1. The molecule has 0 saturated carbocycles. The van der Waals surface area contributed by atoms with E-state index in [1.165, 1.54) is 0 Å². The number of nitrogen functional groups attached to an aromatic ring is 1. The number of aromatic nitrogens is 1. The molecule has 6 nitrogen and oxygen atoms in total. The van der Waals surface area contributed by atoms with E-state index in [4.69, 9.17) is 15.2 Å². The summed E-state index contributed by atoms with van der Waals surface area (Å²) >= 11 is 0. The van der Waals surface area contributed by atoms with Gasteiger partial charge in [-0.05, 0) is 12.1 Å². The fourth-order valence-corrected chi connectivity index (χ4v) is 2.60. The maximum absolute atomic E-state index is 12.3. The molecular weight excluding hydrogens is 246 g/mol. The maximum Gasteiger partial charge on any atom is 0.254 e. The molecule has 0 aliphatic carbocycles. The van der Waals surface area contributed by atoms with Crippen LogP contribution < -0.4 is 5.73 Å². The predicted molar refractivity (Wildman–Crippen MR) is 68.4 cm³/mol. The van der Waals surface area contributed by atoms with Crippen LogP contribution in [0.2, 0.25) is 0 Å². The normalized spacial score (nSPS) is 21.8. The van der Waals surface area contributed by atoms with Gasteiger partial charge in [0.25, 0.3) is 5.91 Å². The van der Waals surface area contributed by atoms with Crippen LogP contribution in [0.5, 0.6) is 0 Å². The number of piperidine rings is 1. The molecule has 1 aromatic heterocycles. The van der Waals surface area contributed by atoms with Crippen LogP contribution in [0.4, 0.5) is 5.82 Å². The minimum absolute atomic E-state index is 0.0121. The molecule has 2 N–H and O–H groups in total. The molecule has 0 atom stereocenters. The fourth-order valence-electron chi connectivity index (χ4n) is 2.60. The Kier molecular flexibility index (Phi) is 3.12. The molecule has 0 unspecified atom stereocenters. The second-order valence-electron chi connectivity index (χ2n) is 4.87. The molecule has 0 bridgehead atoms. The maximum atomic E-state index is 12.3. The van der Waals surface area contributed by atoms with E-state index in [1.807, 2.05) is 4.90 Å². The van der Waals surface area contributed by atoms with E-state index < -0.39 is 5.79 Å². The summed E-state index contributed by atoms with van der Waals surface area (Å²) < 4.78 is 11.3. The molecule has 3 rings (SSSR count). The van der Waals surface area contributed by atoms with Gasteiger partial charge in [-0.25, -0.2) is 4.98 Å². The molecule has 0 radical (unpaired) electrons. The number of nitrogens with two attached hydrogens (primary N) is 1. The topological polar surface area (TPSA) is 77.7 Å². The smallest absolute Gasteiger partial charge is 0.254 e. The van der Waals surface area contributed by atoms with Crippen molar-refractivity contribution >= 4 is 11.7 Å². The molecule has 102 valence electrons. The van der Waals surface area contributed by atoms with Crippen LogP contribution in [0.25, 0.3) is 0 Å².